The molecule has 0 unspecified atom stereocenters. The number of likely N-dealkylation sites (tertiary alicyclic amines) is 1. The van der Waals surface area contributed by atoms with E-state index in [-0.39, 0.29) is 12.0 Å². The van der Waals surface area contributed by atoms with Crippen LogP contribution in [0.5, 0.6) is 0 Å². The van der Waals surface area contributed by atoms with E-state index in [2.05, 4.69) is 9.88 Å². The van der Waals surface area contributed by atoms with Crippen LogP contribution >= 0.6 is 0 Å². The molecule has 0 radical (unpaired) electrons. The zero-order valence-electron chi connectivity index (χ0n) is 13.6. The van der Waals surface area contributed by atoms with Crippen molar-refractivity contribution < 1.29 is 13.9 Å². The summed E-state index contributed by atoms with van der Waals surface area (Å²) in [5.74, 6) is 1.34. The zero-order chi connectivity index (χ0) is 16.2. The molecule has 0 spiro atoms. The molecule has 0 amide bonds. The molecule has 23 heavy (non-hydrogen) atoms. The lowest BCUT2D eigenvalue weighted by atomic mass is 10.2. The van der Waals surface area contributed by atoms with Crippen molar-refractivity contribution >= 4 is 5.97 Å². The third kappa shape index (κ3) is 3.79. The molecular formula is C18H22N2O3. The number of benzene rings is 1. The summed E-state index contributed by atoms with van der Waals surface area (Å²) in [5.41, 5.74) is 1.91. The van der Waals surface area contributed by atoms with E-state index in [0.717, 1.165) is 36.4 Å². The Morgan fingerprint density at radius 2 is 2.13 bits per heavy atom. The summed E-state index contributed by atoms with van der Waals surface area (Å²) < 4.78 is 11.1. The molecule has 1 aliphatic heterocycles. The highest BCUT2D eigenvalue weighted by Gasteiger charge is 2.32. The maximum atomic E-state index is 12.4. The van der Waals surface area contributed by atoms with Gasteiger partial charge in [-0.05, 0) is 38.8 Å². The molecule has 122 valence electrons. The molecular weight excluding hydrogens is 292 g/mol. The molecule has 3 rings (SSSR count). The van der Waals surface area contributed by atoms with Gasteiger partial charge >= 0.3 is 5.97 Å². The second-order valence-electron chi connectivity index (χ2n) is 5.97. The lowest BCUT2D eigenvalue weighted by molar-refractivity contribution is -0.150. The van der Waals surface area contributed by atoms with E-state index in [9.17, 15) is 4.79 Å². The van der Waals surface area contributed by atoms with Crippen LogP contribution in [0.15, 0.2) is 34.7 Å². The molecule has 1 aromatic carbocycles. The van der Waals surface area contributed by atoms with Crippen molar-refractivity contribution in [2.24, 2.45) is 0 Å². The molecule has 1 aliphatic rings. The van der Waals surface area contributed by atoms with Crippen LogP contribution in [0.25, 0.3) is 0 Å². The van der Waals surface area contributed by atoms with Gasteiger partial charge in [-0.15, -0.1) is 0 Å². The molecule has 2 aromatic rings. The van der Waals surface area contributed by atoms with Crippen LogP contribution in [0.4, 0.5) is 0 Å². The third-order valence-corrected chi connectivity index (χ3v) is 4.27. The Bertz CT molecular complexity index is 647. The number of esters is 1. The Morgan fingerprint density at radius 1 is 1.35 bits per heavy atom. The minimum Gasteiger partial charge on any atom is -0.460 e. The van der Waals surface area contributed by atoms with Crippen molar-refractivity contribution in [1.82, 2.24) is 9.88 Å². The Labute approximate surface area is 136 Å². The summed E-state index contributed by atoms with van der Waals surface area (Å²) in [6.45, 7) is 5.58. The molecule has 1 aromatic heterocycles. The number of oxazole rings is 1. The standard InChI is InChI=1S/C18H22N2O3/c1-13-14(2)23-17(19-13)11-20-10-6-9-16(20)18(21)22-12-15-7-4-3-5-8-15/h3-5,7-8,16H,6,9-12H2,1-2H3/t16-/m1/s1. The van der Waals surface area contributed by atoms with Gasteiger partial charge in [-0.1, -0.05) is 30.3 Å². The van der Waals surface area contributed by atoms with Crippen molar-refractivity contribution in [3.8, 4) is 0 Å². The van der Waals surface area contributed by atoms with Gasteiger partial charge in [0.1, 0.15) is 18.4 Å². The predicted octanol–water partition coefficient (Wildman–Crippen LogP) is 3.00. The van der Waals surface area contributed by atoms with E-state index < -0.39 is 0 Å². The highest BCUT2D eigenvalue weighted by Crippen LogP contribution is 2.22. The summed E-state index contributed by atoms with van der Waals surface area (Å²) >= 11 is 0. The number of carbonyl (C=O) groups is 1. The average Bonchev–Trinajstić information content (AvgIpc) is 3.13. The van der Waals surface area contributed by atoms with E-state index in [4.69, 9.17) is 9.15 Å². The van der Waals surface area contributed by atoms with Gasteiger partial charge in [0, 0.05) is 0 Å². The topological polar surface area (TPSA) is 55.6 Å². The summed E-state index contributed by atoms with van der Waals surface area (Å²) in [5, 5.41) is 0. The monoisotopic (exact) mass is 314 g/mol. The molecule has 0 aliphatic carbocycles. The smallest absolute Gasteiger partial charge is 0.323 e. The highest BCUT2D eigenvalue weighted by molar-refractivity contribution is 5.76. The number of rotatable bonds is 5. The summed E-state index contributed by atoms with van der Waals surface area (Å²) in [7, 11) is 0. The molecule has 5 nitrogen and oxygen atoms in total. The van der Waals surface area contributed by atoms with Gasteiger partial charge in [0.25, 0.3) is 0 Å². The van der Waals surface area contributed by atoms with Gasteiger partial charge in [0.15, 0.2) is 0 Å². The van der Waals surface area contributed by atoms with Crippen molar-refractivity contribution in [2.75, 3.05) is 6.54 Å². The molecule has 0 saturated carbocycles. The normalized spacial score (nSPS) is 18.3. The number of hydrogen-bond donors (Lipinski definition) is 0. The van der Waals surface area contributed by atoms with Gasteiger partial charge in [-0.3, -0.25) is 9.69 Å². The van der Waals surface area contributed by atoms with Crippen molar-refractivity contribution in [2.45, 2.75) is 45.9 Å². The predicted molar refractivity (Wildman–Crippen MR) is 85.6 cm³/mol. The Balaban J connectivity index is 1.58. The van der Waals surface area contributed by atoms with Gasteiger partial charge in [0.05, 0.1) is 12.2 Å². The highest BCUT2D eigenvalue weighted by atomic mass is 16.5. The summed E-state index contributed by atoms with van der Waals surface area (Å²) in [6.07, 6.45) is 1.82. The first-order valence-electron chi connectivity index (χ1n) is 8.01. The van der Waals surface area contributed by atoms with Crippen LogP contribution in [-0.4, -0.2) is 28.4 Å². The lowest BCUT2D eigenvalue weighted by Crippen LogP contribution is -2.36. The Kier molecular flexibility index (Phi) is 4.76. The van der Waals surface area contributed by atoms with Crippen LogP contribution in [0, 0.1) is 13.8 Å². The average molecular weight is 314 g/mol. The fraction of sp³-hybridized carbons (Fsp3) is 0.444. The molecule has 2 heterocycles. The quantitative estimate of drug-likeness (QED) is 0.794. The largest absolute Gasteiger partial charge is 0.460 e. The number of aryl methyl sites for hydroxylation is 2. The van der Waals surface area contributed by atoms with Crippen molar-refractivity contribution in [3.63, 3.8) is 0 Å². The minimum atomic E-state index is -0.203. The van der Waals surface area contributed by atoms with Crippen molar-refractivity contribution in [1.29, 1.82) is 0 Å². The number of carbonyl (C=O) groups excluding carboxylic acids is 1. The third-order valence-electron chi connectivity index (χ3n) is 4.27. The summed E-state index contributed by atoms with van der Waals surface area (Å²) in [4.78, 5) is 18.9. The number of aromatic nitrogens is 1. The minimum absolute atomic E-state index is 0.161. The van der Waals surface area contributed by atoms with Gasteiger partial charge in [0.2, 0.25) is 5.89 Å². The van der Waals surface area contributed by atoms with E-state index in [0.29, 0.717) is 19.0 Å². The maximum Gasteiger partial charge on any atom is 0.323 e. The zero-order valence-corrected chi connectivity index (χ0v) is 13.6. The molecule has 1 saturated heterocycles. The molecule has 0 N–H and O–H groups in total. The maximum absolute atomic E-state index is 12.4. The Morgan fingerprint density at radius 3 is 2.83 bits per heavy atom. The Hall–Kier alpha value is -2.14. The second-order valence-corrected chi connectivity index (χ2v) is 5.97. The molecule has 0 bridgehead atoms. The fourth-order valence-electron chi connectivity index (χ4n) is 2.89. The van der Waals surface area contributed by atoms with Crippen LogP contribution in [0.1, 0.15) is 35.7 Å². The second kappa shape index (κ2) is 6.96. The first-order valence-corrected chi connectivity index (χ1v) is 8.01. The van der Waals surface area contributed by atoms with Crippen LogP contribution < -0.4 is 0 Å². The van der Waals surface area contributed by atoms with E-state index >= 15 is 0 Å². The van der Waals surface area contributed by atoms with E-state index in [1.54, 1.807) is 0 Å². The van der Waals surface area contributed by atoms with E-state index in [1.807, 2.05) is 44.2 Å². The SMILES string of the molecule is Cc1nc(CN2CCC[C@@H]2C(=O)OCc2ccccc2)oc1C. The van der Waals surface area contributed by atoms with E-state index in [1.165, 1.54) is 0 Å². The molecule has 5 heteroatoms. The van der Waals surface area contributed by atoms with Gasteiger partial charge < -0.3 is 9.15 Å². The van der Waals surface area contributed by atoms with Crippen LogP contribution in [-0.2, 0) is 22.7 Å². The number of ether oxygens (including phenoxy) is 1. The number of hydrogen-bond acceptors (Lipinski definition) is 5. The summed E-state index contributed by atoms with van der Waals surface area (Å²) in [6, 6.07) is 9.54. The van der Waals surface area contributed by atoms with Crippen LogP contribution in [0.3, 0.4) is 0 Å². The first-order chi connectivity index (χ1) is 11.1. The first kappa shape index (κ1) is 15.7. The molecule has 1 fully saturated rings. The fourth-order valence-corrected chi connectivity index (χ4v) is 2.89. The lowest BCUT2D eigenvalue weighted by Gasteiger charge is -2.21. The van der Waals surface area contributed by atoms with Gasteiger partial charge in [-0.25, -0.2) is 4.98 Å². The van der Waals surface area contributed by atoms with Crippen LogP contribution in [0.2, 0.25) is 0 Å². The van der Waals surface area contributed by atoms with Crippen molar-refractivity contribution in [3.05, 3.63) is 53.2 Å². The van der Waals surface area contributed by atoms with Gasteiger partial charge in [-0.2, -0.15) is 0 Å². The number of nitrogens with zero attached hydrogens (tertiary/aromatic N) is 2. The molecule has 1 atom stereocenters.